The second-order valence-corrected chi connectivity index (χ2v) is 2.48. The molecule has 2 nitrogen and oxygen atoms in total. The summed E-state index contributed by atoms with van der Waals surface area (Å²) in [5, 5.41) is 16.9. The van der Waals surface area contributed by atoms with E-state index in [4.69, 9.17) is 10.2 Å². The van der Waals surface area contributed by atoms with Crippen molar-refractivity contribution in [1.82, 2.24) is 0 Å². The first-order valence-electron chi connectivity index (χ1n) is 2.34. The third-order valence-corrected chi connectivity index (χ3v) is 0.856. The summed E-state index contributed by atoms with van der Waals surface area (Å²) in [4.78, 5) is 0. The van der Waals surface area contributed by atoms with Gasteiger partial charge in [0.15, 0.2) is 0 Å². The Labute approximate surface area is 66.1 Å². The number of aliphatic hydroxyl groups is 2. The van der Waals surface area contributed by atoms with E-state index in [-0.39, 0.29) is 41.7 Å². The van der Waals surface area contributed by atoms with Gasteiger partial charge in [0.25, 0.3) is 0 Å². The Balaban J connectivity index is 0. The lowest BCUT2D eigenvalue weighted by Gasteiger charge is -2.16. The molecule has 0 aromatic heterocycles. The van der Waals surface area contributed by atoms with Gasteiger partial charge in [-0.2, -0.15) is 0 Å². The lowest BCUT2D eigenvalue weighted by molar-refractivity contribution is 0.0857. The van der Waals surface area contributed by atoms with E-state index in [0.717, 1.165) is 0 Å². The van der Waals surface area contributed by atoms with Crippen LogP contribution in [0.25, 0.3) is 0 Å². The summed E-state index contributed by atoms with van der Waals surface area (Å²) < 4.78 is 0. The lowest BCUT2D eigenvalue weighted by Crippen LogP contribution is -2.20. The quantitative estimate of drug-likeness (QED) is 0.475. The van der Waals surface area contributed by atoms with Crippen LogP contribution in [0.4, 0.5) is 0 Å². The van der Waals surface area contributed by atoms with Crippen LogP contribution < -0.4 is 0 Å². The molecule has 0 spiro atoms. The normalized spacial score (nSPS) is 10.5. The van der Waals surface area contributed by atoms with Crippen LogP contribution in [0, 0.1) is 5.41 Å². The van der Waals surface area contributed by atoms with E-state index in [1.165, 1.54) is 0 Å². The maximum absolute atomic E-state index is 8.43. The molecular formula is C5H14MgO2. The Bertz CT molecular complexity index is 48.4. The Morgan fingerprint density at radius 3 is 1.38 bits per heavy atom. The molecular weight excluding hydrogens is 116 g/mol. The van der Waals surface area contributed by atoms with Crippen molar-refractivity contribution in [3.8, 4) is 0 Å². The molecule has 0 fully saturated rings. The van der Waals surface area contributed by atoms with Gasteiger partial charge in [-0.05, 0) is 0 Å². The highest BCUT2D eigenvalue weighted by Gasteiger charge is 2.13. The van der Waals surface area contributed by atoms with Gasteiger partial charge < -0.3 is 10.2 Å². The molecule has 0 aliphatic carbocycles. The van der Waals surface area contributed by atoms with Crippen molar-refractivity contribution < 1.29 is 10.2 Å². The van der Waals surface area contributed by atoms with Gasteiger partial charge in [-0.15, -0.1) is 0 Å². The number of hydrogen-bond donors (Lipinski definition) is 2. The molecule has 0 saturated carbocycles. The van der Waals surface area contributed by atoms with Crippen LogP contribution in [-0.4, -0.2) is 46.5 Å². The van der Waals surface area contributed by atoms with Crippen LogP contribution in [0.5, 0.6) is 0 Å². The highest BCUT2D eigenvalue weighted by molar-refractivity contribution is 5.75. The van der Waals surface area contributed by atoms with Gasteiger partial charge in [0.2, 0.25) is 0 Å². The summed E-state index contributed by atoms with van der Waals surface area (Å²) in [6.45, 7) is 3.69. The molecule has 0 aliphatic rings. The van der Waals surface area contributed by atoms with Crippen molar-refractivity contribution >= 4 is 23.1 Å². The number of hydrogen-bond acceptors (Lipinski definition) is 2. The molecule has 48 valence electrons. The van der Waals surface area contributed by atoms with E-state index in [1.54, 1.807) is 13.8 Å². The van der Waals surface area contributed by atoms with Crippen LogP contribution in [-0.2, 0) is 0 Å². The fourth-order valence-electron chi connectivity index (χ4n) is 0.0500. The molecule has 8 heavy (non-hydrogen) atoms. The monoisotopic (exact) mass is 130 g/mol. The molecule has 0 heterocycles. The van der Waals surface area contributed by atoms with Crippen molar-refractivity contribution in [2.75, 3.05) is 13.2 Å². The standard InChI is InChI=1S/C5H12O2.Mg.2H/c1-5(2,3-6)4-7;;;/h6-7H,3-4H2,1-2H3;;;. The molecule has 3 heteroatoms. The third kappa shape index (κ3) is 4.84. The molecule has 0 aromatic rings. The summed E-state index contributed by atoms with van der Waals surface area (Å²) in [6, 6.07) is 0. The zero-order valence-electron chi connectivity index (χ0n) is 4.81. The SMILES string of the molecule is CC(C)(CO)CO.[MgH2]. The van der Waals surface area contributed by atoms with Crippen molar-refractivity contribution in [2.45, 2.75) is 13.8 Å². The van der Waals surface area contributed by atoms with Gasteiger partial charge in [-0.25, -0.2) is 0 Å². The number of aliphatic hydroxyl groups excluding tert-OH is 2. The predicted octanol–water partition coefficient (Wildman–Crippen LogP) is -0.919. The van der Waals surface area contributed by atoms with E-state index in [2.05, 4.69) is 0 Å². The Morgan fingerprint density at radius 2 is 1.38 bits per heavy atom. The van der Waals surface area contributed by atoms with Crippen molar-refractivity contribution in [2.24, 2.45) is 5.41 Å². The largest absolute Gasteiger partial charge is 0.396 e. The van der Waals surface area contributed by atoms with Gasteiger partial charge >= 0.3 is 23.1 Å². The minimum atomic E-state index is -0.306. The van der Waals surface area contributed by atoms with Crippen LogP contribution >= 0.6 is 0 Å². The first kappa shape index (κ1) is 11.5. The Morgan fingerprint density at radius 1 is 1.12 bits per heavy atom. The first-order chi connectivity index (χ1) is 3.12. The van der Waals surface area contributed by atoms with Gasteiger partial charge in [0.1, 0.15) is 0 Å². The van der Waals surface area contributed by atoms with Gasteiger partial charge in [-0.3, -0.25) is 0 Å². The Hall–Kier alpha value is 0.686. The average Bonchev–Trinajstić information content (AvgIpc) is 1.68. The molecule has 0 unspecified atom stereocenters. The topological polar surface area (TPSA) is 40.5 Å². The first-order valence-corrected chi connectivity index (χ1v) is 2.34. The minimum Gasteiger partial charge on any atom is -0.396 e. The van der Waals surface area contributed by atoms with Crippen molar-refractivity contribution in [1.29, 1.82) is 0 Å². The second-order valence-electron chi connectivity index (χ2n) is 2.48. The van der Waals surface area contributed by atoms with Gasteiger partial charge in [0, 0.05) is 5.41 Å². The van der Waals surface area contributed by atoms with E-state index in [0.29, 0.717) is 0 Å². The van der Waals surface area contributed by atoms with E-state index < -0.39 is 0 Å². The fraction of sp³-hybridized carbons (Fsp3) is 1.00. The maximum Gasteiger partial charge on any atom is 0.316 e. The molecule has 0 aromatic carbocycles. The van der Waals surface area contributed by atoms with Gasteiger partial charge in [0.05, 0.1) is 13.2 Å². The molecule has 2 N–H and O–H groups in total. The summed E-state index contributed by atoms with van der Waals surface area (Å²) in [7, 11) is 0. The van der Waals surface area contributed by atoms with Crippen LogP contribution in [0.1, 0.15) is 13.8 Å². The van der Waals surface area contributed by atoms with E-state index in [9.17, 15) is 0 Å². The smallest absolute Gasteiger partial charge is 0.316 e. The molecule has 0 atom stereocenters. The molecule has 0 amide bonds. The maximum atomic E-state index is 8.43. The summed E-state index contributed by atoms with van der Waals surface area (Å²) >= 11 is 0. The summed E-state index contributed by atoms with van der Waals surface area (Å²) in [5.41, 5.74) is -0.306. The second kappa shape index (κ2) is 4.55. The fourth-order valence-corrected chi connectivity index (χ4v) is 0.0500. The zero-order valence-corrected chi connectivity index (χ0v) is 4.81. The molecule has 0 saturated heterocycles. The highest BCUT2D eigenvalue weighted by Crippen LogP contribution is 2.10. The van der Waals surface area contributed by atoms with Crippen LogP contribution in [0.2, 0.25) is 0 Å². The molecule has 0 bridgehead atoms. The third-order valence-electron chi connectivity index (χ3n) is 0.856. The molecule has 0 rings (SSSR count). The minimum absolute atomic E-state index is 0. The van der Waals surface area contributed by atoms with Crippen LogP contribution in [0.3, 0.4) is 0 Å². The zero-order chi connectivity index (χ0) is 5.91. The number of rotatable bonds is 2. The molecule has 0 radical (unpaired) electrons. The van der Waals surface area contributed by atoms with Crippen LogP contribution in [0.15, 0.2) is 0 Å². The van der Waals surface area contributed by atoms with E-state index >= 15 is 0 Å². The van der Waals surface area contributed by atoms with Crippen molar-refractivity contribution in [3.63, 3.8) is 0 Å². The average molecular weight is 130 g/mol. The highest BCUT2D eigenvalue weighted by atomic mass is 24.3. The predicted molar refractivity (Wildman–Crippen MR) is 36.5 cm³/mol. The van der Waals surface area contributed by atoms with Gasteiger partial charge in [-0.1, -0.05) is 13.8 Å². The summed E-state index contributed by atoms with van der Waals surface area (Å²) in [5.74, 6) is 0. The Kier molecular flexibility index (Phi) is 6.53. The lowest BCUT2D eigenvalue weighted by atomic mass is 9.97. The van der Waals surface area contributed by atoms with E-state index in [1.807, 2.05) is 0 Å². The van der Waals surface area contributed by atoms with Crippen molar-refractivity contribution in [3.05, 3.63) is 0 Å². The molecule has 0 aliphatic heterocycles. The summed E-state index contributed by atoms with van der Waals surface area (Å²) in [6.07, 6.45) is 0.